The molecule has 1 rings (SSSR count). The molecule has 1 aliphatic rings. The largest absolute Gasteiger partial charge is 0.251 e. The quantitative estimate of drug-likeness (QED) is 0.408. The maximum absolute atomic E-state index is 11.8. The molecule has 1 aliphatic heterocycles. The second-order valence-corrected chi connectivity index (χ2v) is 8.56. The molecular weight excluding hydrogens is 235 g/mol. The lowest BCUT2D eigenvalue weighted by atomic mass is 10.3. The van der Waals surface area contributed by atoms with E-state index in [-0.39, 0.29) is 6.67 Å². The molecular formula is C9H18BrFSi. The summed E-state index contributed by atoms with van der Waals surface area (Å²) in [6, 6.07) is 4.37. The third kappa shape index (κ3) is 4.03. The molecule has 3 heteroatoms. The first-order valence-electron chi connectivity index (χ1n) is 5.03. The third-order valence-corrected chi connectivity index (χ3v) is 7.21. The van der Waals surface area contributed by atoms with Crippen molar-refractivity contribution in [1.82, 2.24) is 0 Å². The van der Waals surface area contributed by atoms with E-state index < -0.39 is 8.80 Å². The molecule has 0 aliphatic carbocycles. The van der Waals surface area contributed by atoms with Crippen molar-refractivity contribution < 1.29 is 4.39 Å². The topological polar surface area (TPSA) is 0 Å². The smallest absolute Gasteiger partial charge is 0.0894 e. The highest BCUT2D eigenvalue weighted by atomic mass is 79.9. The van der Waals surface area contributed by atoms with E-state index in [1.165, 1.54) is 31.0 Å². The van der Waals surface area contributed by atoms with Crippen molar-refractivity contribution in [2.45, 2.75) is 48.6 Å². The molecule has 1 heterocycles. The van der Waals surface area contributed by atoms with Crippen LogP contribution in [0.25, 0.3) is 0 Å². The first-order chi connectivity index (χ1) is 5.83. The van der Waals surface area contributed by atoms with Gasteiger partial charge in [0.05, 0.1) is 6.67 Å². The van der Waals surface area contributed by atoms with Gasteiger partial charge in [0.1, 0.15) is 0 Å². The Morgan fingerprint density at radius 2 is 1.92 bits per heavy atom. The molecule has 1 fully saturated rings. The maximum atomic E-state index is 11.8. The number of hydrogen-bond acceptors (Lipinski definition) is 0. The number of unbranched alkanes of at least 4 members (excludes halogenated alkanes) is 1. The molecule has 0 amide bonds. The molecule has 72 valence electrons. The second kappa shape index (κ2) is 6.14. The van der Waals surface area contributed by atoms with Crippen molar-refractivity contribution in [2.75, 3.05) is 6.67 Å². The van der Waals surface area contributed by atoms with Crippen molar-refractivity contribution in [3.63, 3.8) is 0 Å². The molecule has 12 heavy (non-hydrogen) atoms. The van der Waals surface area contributed by atoms with E-state index in [4.69, 9.17) is 0 Å². The van der Waals surface area contributed by atoms with E-state index in [2.05, 4.69) is 15.9 Å². The molecule has 0 nitrogen and oxygen atoms in total. The van der Waals surface area contributed by atoms with Gasteiger partial charge in [-0.2, -0.15) is 0 Å². The molecule has 0 aromatic heterocycles. The zero-order chi connectivity index (χ0) is 8.81. The van der Waals surface area contributed by atoms with E-state index in [0.29, 0.717) is 0 Å². The highest BCUT2D eigenvalue weighted by Gasteiger charge is 2.19. The summed E-state index contributed by atoms with van der Waals surface area (Å²) in [5, 5.41) is 0. The standard InChI is InChI=1S/C9H18BrFSi/c10-9-3-7-12(8-4-9)6-2-1-5-11/h9,12H,1-8H2. The van der Waals surface area contributed by atoms with Crippen molar-refractivity contribution in [2.24, 2.45) is 0 Å². The average Bonchev–Trinajstić information content (AvgIpc) is 2.09. The SMILES string of the molecule is FCCCC[SiH]1CCC(Br)CC1. The van der Waals surface area contributed by atoms with Gasteiger partial charge in [0.25, 0.3) is 0 Å². The highest BCUT2D eigenvalue weighted by Crippen LogP contribution is 2.27. The van der Waals surface area contributed by atoms with Gasteiger partial charge >= 0.3 is 0 Å². The lowest BCUT2D eigenvalue weighted by Crippen LogP contribution is -2.20. The Bertz CT molecular complexity index is 113. The van der Waals surface area contributed by atoms with Crippen LogP contribution in [-0.4, -0.2) is 20.3 Å². The fourth-order valence-corrected chi connectivity index (χ4v) is 6.92. The maximum Gasteiger partial charge on any atom is 0.0894 e. The summed E-state index contributed by atoms with van der Waals surface area (Å²) < 4.78 is 11.8. The van der Waals surface area contributed by atoms with Gasteiger partial charge in [0, 0.05) is 13.6 Å². The molecule has 0 bridgehead atoms. The molecule has 0 aromatic carbocycles. The van der Waals surface area contributed by atoms with E-state index >= 15 is 0 Å². The van der Waals surface area contributed by atoms with Crippen LogP contribution in [0.3, 0.4) is 0 Å². The van der Waals surface area contributed by atoms with Crippen molar-refractivity contribution in [3.05, 3.63) is 0 Å². The van der Waals surface area contributed by atoms with E-state index in [9.17, 15) is 4.39 Å². The third-order valence-electron chi connectivity index (χ3n) is 2.77. The van der Waals surface area contributed by atoms with Gasteiger partial charge in [0.15, 0.2) is 0 Å². The summed E-state index contributed by atoms with van der Waals surface area (Å²) in [4.78, 5) is 0.794. The van der Waals surface area contributed by atoms with Crippen LogP contribution >= 0.6 is 15.9 Å². The highest BCUT2D eigenvalue weighted by molar-refractivity contribution is 9.09. The van der Waals surface area contributed by atoms with Crippen LogP contribution in [0.1, 0.15) is 25.7 Å². The Labute approximate surface area is 84.7 Å². The normalized spacial score (nSPS) is 30.5. The van der Waals surface area contributed by atoms with Crippen LogP contribution in [-0.2, 0) is 0 Å². The predicted octanol–water partition coefficient (Wildman–Crippen LogP) is 3.52. The Kier molecular flexibility index (Phi) is 5.48. The summed E-state index contributed by atoms with van der Waals surface area (Å²) in [5.41, 5.74) is 0. The van der Waals surface area contributed by atoms with E-state index in [1.54, 1.807) is 0 Å². The molecule has 0 spiro atoms. The van der Waals surface area contributed by atoms with Crippen molar-refractivity contribution in [3.8, 4) is 0 Å². The van der Waals surface area contributed by atoms with Gasteiger partial charge in [-0.15, -0.1) is 0 Å². The number of alkyl halides is 2. The molecule has 1 saturated heterocycles. The van der Waals surface area contributed by atoms with Crippen LogP contribution in [0.2, 0.25) is 18.1 Å². The Morgan fingerprint density at radius 3 is 2.50 bits per heavy atom. The van der Waals surface area contributed by atoms with Crippen LogP contribution in [0.15, 0.2) is 0 Å². The Hall–Kier alpha value is 0.627. The summed E-state index contributed by atoms with van der Waals surface area (Å²) >= 11 is 3.66. The number of halogens is 2. The molecule has 0 unspecified atom stereocenters. The predicted molar refractivity (Wildman–Crippen MR) is 58.7 cm³/mol. The van der Waals surface area contributed by atoms with Gasteiger partial charge in [-0.25, -0.2) is 0 Å². The van der Waals surface area contributed by atoms with Gasteiger partial charge in [-0.05, 0) is 19.3 Å². The summed E-state index contributed by atoms with van der Waals surface area (Å²) in [6.07, 6.45) is 4.72. The van der Waals surface area contributed by atoms with Crippen LogP contribution in [0.4, 0.5) is 4.39 Å². The van der Waals surface area contributed by atoms with Crippen molar-refractivity contribution in [1.29, 1.82) is 0 Å². The van der Waals surface area contributed by atoms with Crippen LogP contribution in [0.5, 0.6) is 0 Å². The minimum Gasteiger partial charge on any atom is -0.251 e. The summed E-state index contributed by atoms with van der Waals surface area (Å²) in [6.45, 7) is -0.109. The molecule has 0 N–H and O–H groups in total. The van der Waals surface area contributed by atoms with Gasteiger partial charge < -0.3 is 0 Å². The Morgan fingerprint density at radius 1 is 1.25 bits per heavy atom. The number of rotatable bonds is 4. The average molecular weight is 253 g/mol. The molecule has 0 radical (unpaired) electrons. The zero-order valence-corrected chi connectivity index (χ0v) is 10.3. The Balaban J connectivity index is 2.01. The van der Waals surface area contributed by atoms with Crippen LogP contribution in [0, 0.1) is 0 Å². The van der Waals surface area contributed by atoms with Crippen molar-refractivity contribution >= 4 is 24.7 Å². The number of hydrogen-bond donors (Lipinski definition) is 0. The zero-order valence-electron chi connectivity index (χ0n) is 7.57. The fraction of sp³-hybridized carbons (Fsp3) is 1.00. The van der Waals surface area contributed by atoms with E-state index in [0.717, 1.165) is 17.7 Å². The fourth-order valence-electron chi connectivity index (χ4n) is 1.94. The van der Waals surface area contributed by atoms with E-state index in [1.807, 2.05) is 0 Å². The lowest BCUT2D eigenvalue weighted by molar-refractivity contribution is 0.468. The first-order valence-corrected chi connectivity index (χ1v) is 8.39. The molecule has 0 aromatic rings. The monoisotopic (exact) mass is 252 g/mol. The van der Waals surface area contributed by atoms with Gasteiger partial charge in [-0.3, -0.25) is 4.39 Å². The lowest BCUT2D eigenvalue weighted by Gasteiger charge is -2.23. The molecule has 0 saturated carbocycles. The van der Waals surface area contributed by atoms with Crippen LogP contribution < -0.4 is 0 Å². The summed E-state index contributed by atoms with van der Waals surface area (Å²) in [7, 11) is -0.393. The van der Waals surface area contributed by atoms with Gasteiger partial charge in [0.2, 0.25) is 0 Å². The first kappa shape index (κ1) is 10.7. The molecule has 0 atom stereocenters. The minimum absolute atomic E-state index is 0.109. The summed E-state index contributed by atoms with van der Waals surface area (Å²) in [5.74, 6) is 0. The van der Waals surface area contributed by atoms with Gasteiger partial charge in [-0.1, -0.05) is 40.5 Å². The minimum atomic E-state index is -0.393. The second-order valence-electron chi connectivity index (χ2n) is 3.80.